The molecule has 0 saturated carbocycles. The summed E-state index contributed by atoms with van der Waals surface area (Å²) in [6.07, 6.45) is 1.90. The number of nitrogens with one attached hydrogen (secondary N) is 2. The van der Waals surface area contributed by atoms with Crippen molar-refractivity contribution in [2.24, 2.45) is 7.05 Å². The fourth-order valence-corrected chi connectivity index (χ4v) is 4.78. The molecule has 0 unspecified atom stereocenters. The Morgan fingerprint density at radius 3 is 2.62 bits per heavy atom. The number of H-pyrrole nitrogens is 1. The molecule has 0 bridgehead atoms. The van der Waals surface area contributed by atoms with Crippen LogP contribution in [-0.4, -0.2) is 25.8 Å². The van der Waals surface area contributed by atoms with Crippen molar-refractivity contribution >= 4 is 33.5 Å². The molecule has 37 heavy (non-hydrogen) atoms. The number of hydrogen-bond acceptors (Lipinski definition) is 6. The number of benzene rings is 2. The predicted molar refractivity (Wildman–Crippen MR) is 142 cm³/mol. The first kappa shape index (κ1) is 24.1. The van der Waals surface area contributed by atoms with Gasteiger partial charge in [0.25, 0.3) is 5.56 Å². The lowest BCUT2D eigenvalue weighted by Gasteiger charge is -2.20. The number of fused-ring (bicyclic) bond motifs is 2. The Hall–Kier alpha value is -4.66. The highest BCUT2D eigenvalue weighted by atomic mass is 16.4. The number of carboxylic acids is 1. The molecular weight excluding hydrogens is 472 g/mol. The number of aryl methyl sites for hydroxylation is 3. The summed E-state index contributed by atoms with van der Waals surface area (Å²) in [5, 5.41) is 18.5. The minimum absolute atomic E-state index is 0.141. The van der Waals surface area contributed by atoms with Crippen LogP contribution in [0.3, 0.4) is 0 Å². The summed E-state index contributed by atoms with van der Waals surface area (Å²) in [4.78, 5) is 40.1. The van der Waals surface area contributed by atoms with E-state index in [1.165, 1.54) is 0 Å². The van der Waals surface area contributed by atoms with Gasteiger partial charge in [-0.15, -0.1) is 0 Å². The predicted octanol–water partition coefficient (Wildman–Crippen LogP) is 4.83. The first-order valence-electron chi connectivity index (χ1n) is 11.8. The molecule has 5 rings (SSSR count). The number of aromatic carboxylic acids is 1. The van der Waals surface area contributed by atoms with Gasteiger partial charge in [-0.05, 0) is 63.6 Å². The van der Waals surface area contributed by atoms with Gasteiger partial charge in [0, 0.05) is 41.0 Å². The summed E-state index contributed by atoms with van der Waals surface area (Å²) < 4.78 is 8.16. The Morgan fingerprint density at radius 2 is 1.89 bits per heavy atom. The van der Waals surface area contributed by atoms with E-state index >= 15 is 0 Å². The normalized spacial score (nSPS) is 12.2. The Balaban J connectivity index is 1.69. The maximum atomic E-state index is 13.5. The molecule has 5 aromatic rings. The monoisotopic (exact) mass is 498 g/mol. The first-order chi connectivity index (χ1) is 17.5. The average Bonchev–Trinajstić information content (AvgIpc) is 3.19. The molecule has 9 nitrogen and oxygen atoms in total. The van der Waals surface area contributed by atoms with Crippen LogP contribution in [-0.2, 0) is 7.05 Å². The van der Waals surface area contributed by atoms with E-state index in [1.54, 1.807) is 30.7 Å². The number of aromatic amines is 1. The van der Waals surface area contributed by atoms with Crippen molar-refractivity contribution in [1.82, 2.24) is 14.8 Å². The average molecular weight is 499 g/mol. The van der Waals surface area contributed by atoms with Gasteiger partial charge in [-0.25, -0.2) is 4.79 Å². The highest BCUT2D eigenvalue weighted by Gasteiger charge is 2.22. The maximum absolute atomic E-state index is 13.5. The zero-order valence-electron chi connectivity index (χ0n) is 21.1. The molecule has 0 saturated heterocycles. The van der Waals surface area contributed by atoms with E-state index in [9.17, 15) is 19.5 Å². The molecule has 0 fully saturated rings. The second kappa shape index (κ2) is 8.77. The van der Waals surface area contributed by atoms with Crippen molar-refractivity contribution in [3.63, 3.8) is 0 Å². The number of hydrogen-bond donors (Lipinski definition) is 3. The van der Waals surface area contributed by atoms with E-state index in [1.807, 2.05) is 51.4 Å². The summed E-state index contributed by atoms with van der Waals surface area (Å²) in [7, 11) is 1.85. The summed E-state index contributed by atoms with van der Waals surface area (Å²) in [5.41, 5.74) is 3.51. The Morgan fingerprint density at radius 1 is 1.14 bits per heavy atom. The van der Waals surface area contributed by atoms with Crippen LogP contribution in [0.4, 0.5) is 5.69 Å². The van der Waals surface area contributed by atoms with Gasteiger partial charge in [-0.2, -0.15) is 5.10 Å². The third-order valence-corrected chi connectivity index (χ3v) is 6.49. The second-order valence-electron chi connectivity index (χ2n) is 9.43. The number of anilines is 1. The molecule has 3 N–H and O–H groups in total. The second-order valence-corrected chi connectivity index (χ2v) is 9.43. The lowest BCUT2D eigenvalue weighted by Crippen LogP contribution is -2.22. The first-order valence-corrected chi connectivity index (χ1v) is 11.8. The SMILES string of the molecule is Cc1cc([C@@H](C)Nc2cc(C)[nH]c(=O)c2C(=O)O)c2oc(-c3ccc4nn(C)cc4c3)c(C)c(=O)c2c1. The molecule has 0 aliphatic heterocycles. The largest absolute Gasteiger partial charge is 0.477 e. The molecule has 3 heterocycles. The standard InChI is InChI=1S/C28H26N4O5/c1-13-8-19(16(4)30-22-10-14(2)29-27(34)23(22)28(35)36)26-20(9-13)24(33)15(3)25(37-26)17-6-7-21-18(11-17)12-32(5)31-21/h6-12,16H,1-5H3,(H,35,36)(H2,29,30,34)/t16-/m1/s1. The van der Waals surface area contributed by atoms with E-state index in [2.05, 4.69) is 15.4 Å². The Kier molecular flexibility index (Phi) is 5.70. The van der Waals surface area contributed by atoms with Crippen LogP contribution in [0.25, 0.3) is 33.2 Å². The van der Waals surface area contributed by atoms with E-state index < -0.39 is 17.6 Å². The van der Waals surface area contributed by atoms with Crippen molar-refractivity contribution in [2.45, 2.75) is 33.7 Å². The zero-order chi connectivity index (χ0) is 26.6. The van der Waals surface area contributed by atoms with Crippen LogP contribution in [0.2, 0.25) is 0 Å². The molecule has 0 radical (unpaired) electrons. The van der Waals surface area contributed by atoms with Crippen LogP contribution < -0.4 is 16.3 Å². The number of rotatable bonds is 5. The molecule has 9 heteroatoms. The summed E-state index contributed by atoms with van der Waals surface area (Å²) >= 11 is 0. The molecule has 0 amide bonds. The molecule has 0 aliphatic carbocycles. The van der Waals surface area contributed by atoms with Crippen molar-refractivity contribution in [1.29, 1.82) is 0 Å². The van der Waals surface area contributed by atoms with Crippen molar-refractivity contribution in [2.75, 3.05) is 5.32 Å². The van der Waals surface area contributed by atoms with Gasteiger partial charge < -0.3 is 19.8 Å². The molecule has 0 aliphatic rings. The van der Waals surface area contributed by atoms with Crippen molar-refractivity contribution < 1.29 is 14.3 Å². The van der Waals surface area contributed by atoms with Gasteiger partial charge >= 0.3 is 5.97 Å². The zero-order valence-corrected chi connectivity index (χ0v) is 21.1. The summed E-state index contributed by atoms with van der Waals surface area (Å²) in [6.45, 7) is 7.14. The molecule has 0 spiro atoms. The minimum Gasteiger partial charge on any atom is -0.477 e. The van der Waals surface area contributed by atoms with Crippen LogP contribution in [0.5, 0.6) is 0 Å². The molecule has 2 aromatic carbocycles. The van der Waals surface area contributed by atoms with Gasteiger partial charge in [0.15, 0.2) is 5.43 Å². The fourth-order valence-electron chi connectivity index (χ4n) is 4.78. The summed E-state index contributed by atoms with van der Waals surface area (Å²) in [5.74, 6) is -0.876. The number of aromatic nitrogens is 3. The Labute approximate surface area is 211 Å². The number of nitrogens with zero attached hydrogens (tertiary/aromatic N) is 2. The van der Waals surface area contributed by atoms with Crippen LogP contribution >= 0.6 is 0 Å². The molecule has 1 atom stereocenters. The number of carboxylic acid groups (broad SMARTS) is 1. The van der Waals surface area contributed by atoms with Gasteiger partial charge in [0.05, 0.1) is 22.6 Å². The molecule has 3 aromatic heterocycles. The van der Waals surface area contributed by atoms with Gasteiger partial charge in [0.2, 0.25) is 0 Å². The molecule has 188 valence electrons. The van der Waals surface area contributed by atoms with E-state index in [0.717, 1.165) is 22.0 Å². The smallest absolute Gasteiger partial charge is 0.343 e. The van der Waals surface area contributed by atoms with E-state index in [-0.39, 0.29) is 16.7 Å². The number of carbonyl (C=O) groups is 1. The van der Waals surface area contributed by atoms with Crippen molar-refractivity contribution in [3.05, 3.63) is 91.1 Å². The topological polar surface area (TPSA) is 130 Å². The van der Waals surface area contributed by atoms with Crippen LogP contribution in [0.1, 0.15) is 45.7 Å². The lowest BCUT2D eigenvalue weighted by molar-refractivity contribution is 0.0696. The van der Waals surface area contributed by atoms with Gasteiger partial charge in [-0.3, -0.25) is 14.3 Å². The van der Waals surface area contributed by atoms with Crippen LogP contribution in [0, 0.1) is 20.8 Å². The third kappa shape index (κ3) is 4.18. The highest BCUT2D eigenvalue weighted by Crippen LogP contribution is 2.33. The van der Waals surface area contributed by atoms with Crippen molar-refractivity contribution in [3.8, 4) is 11.3 Å². The third-order valence-electron chi connectivity index (χ3n) is 6.49. The van der Waals surface area contributed by atoms with Gasteiger partial charge in [-0.1, -0.05) is 6.07 Å². The maximum Gasteiger partial charge on any atom is 0.343 e. The fraction of sp³-hybridized carbons (Fsp3) is 0.214. The van der Waals surface area contributed by atoms with Gasteiger partial charge in [0.1, 0.15) is 16.9 Å². The Bertz CT molecular complexity index is 1840. The van der Waals surface area contributed by atoms with Crippen LogP contribution in [0.15, 0.2) is 56.6 Å². The molecular formula is C28H26N4O5. The number of pyridine rings is 1. The lowest BCUT2D eigenvalue weighted by atomic mass is 9.98. The van der Waals surface area contributed by atoms with E-state index in [0.29, 0.717) is 33.6 Å². The highest BCUT2D eigenvalue weighted by molar-refractivity contribution is 5.94. The van der Waals surface area contributed by atoms with E-state index in [4.69, 9.17) is 4.42 Å². The minimum atomic E-state index is -1.33. The summed E-state index contributed by atoms with van der Waals surface area (Å²) in [6, 6.07) is 10.5. The quantitative estimate of drug-likeness (QED) is 0.316.